The second kappa shape index (κ2) is 7.13. The van der Waals surface area contributed by atoms with E-state index in [0.29, 0.717) is 12.0 Å². The Hall–Kier alpha value is -1.77. The topological polar surface area (TPSA) is 30.2 Å². The van der Waals surface area contributed by atoms with Crippen LogP contribution in [-0.4, -0.2) is 14.7 Å². The molecule has 0 fully saturated rings. The number of thiocarbonyl (C=S) groups is 1. The molecule has 0 saturated carbocycles. The van der Waals surface area contributed by atoms with Crippen LogP contribution >= 0.6 is 12.2 Å². The molecule has 0 amide bonds. The van der Waals surface area contributed by atoms with E-state index in [4.69, 9.17) is 0 Å². The fourth-order valence-electron chi connectivity index (χ4n) is 2.66. The maximum absolute atomic E-state index is 4.63. The standard InChI is InChI=1S/C16H19N3S/c1-3-13(4-2)16(19-10-9-17-11-19)14-5-7-15(8-6-14)18-12-20/h5-11,13,16H,3-4H2,1-2H3. The molecule has 0 aliphatic heterocycles. The molecule has 1 aromatic carbocycles. The smallest absolute Gasteiger partial charge is 0.0951 e. The number of nitrogens with zero attached hydrogens (tertiary/aromatic N) is 3. The largest absolute Gasteiger partial charge is 0.330 e. The Morgan fingerprint density at radius 2 is 1.95 bits per heavy atom. The van der Waals surface area contributed by atoms with Crippen LogP contribution in [0, 0.1) is 5.92 Å². The molecule has 0 saturated heterocycles. The highest BCUT2D eigenvalue weighted by atomic mass is 32.1. The third-order valence-corrected chi connectivity index (χ3v) is 3.84. The van der Waals surface area contributed by atoms with Gasteiger partial charge in [0.25, 0.3) is 0 Å². The second-order valence-electron chi connectivity index (χ2n) is 4.83. The molecule has 20 heavy (non-hydrogen) atoms. The normalized spacial score (nSPS) is 12.2. The van der Waals surface area contributed by atoms with Crippen molar-refractivity contribution in [1.29, 1.82) is 0 Å². The summed E-state index contributed by atoms with van der Waals surface area (Å²) in [6.45, 7) is 4.48. The lowest BCUT2D eigenvalue weighted by molar-refractivity contribution is 0.355. The summed E-state index contributed by atoms with van der Waals surface area (Å²) >= 11 is 4.63. The van der Waals surface area contributed by atoms with Gasteiger partial charge in [0.1, 0.15) is 0 Å². The van der Waals surface area contributed by atoms with Gasteiger partial charge in [0, 0.05) is 12.4 Å². The summed E-state index contributed by atoms with van der Waals surface area (Å²) in [5.74, 6) is 0.587. The molecule has 0 N–H and O–H groups in total. The van der Waals surface area contributed by atoms with Crippen molar-refractivity contribution < 1.29 is 0 Å². The van der Waals surface area contributed by atoms with Gasteiger partial charge in [-0.15, -0.1) is 0 Å². The highest BCUT2D eigenvalue weighted by Gasteiger charge is 2.21. The molecule has 0 spiro atoms. The van der Waals surface area contributed by atoms with Crippen LogP contribution in [0.25, 0.3) is 0 Å². The quantitative estimate of drug-likeness (QED) is 0.571. The molecule has 2 aromatic rings. The van der Waals surface area contributed by atoms with E-state index < -0.39 is 0 Å². The fraction of sp³-hybridized carbons (Fsp3) is 0.375. The van der Waals surface area contributed by atoms with Crippen molar-refractivity contribution in [2.45, 2.75) is 32.7 Å². The molecule has 0 radical (unpaired) electrons. The summed E-state index contributed by atoms with van der Waals surface area (Å²) in [5.41, 5.74) is 2.12. The molecule has 1 heterocycles. The minimum absolute atomic E-state index is 0.318. The predicted octanol–water partition coefficient (Wildman–Crippen LogP) is 4.64. The maximum atomic E-state index is 4.63. The zero-order valence-corrected chi connectivity index (χ0v) is 12.7. The van der Waals surface area contributed by atoms with Gasteiger partial charge in [-0.05, 0) is 35.8 Å². The molecule has 1 atom stereocenters. The van der Waals surface area contributed by atoms with Gasteiger partial charge < -0.3 is 4.57 Å². The van der Waals surface area contributed by atoms with Crippen molar-refractivity contribution in [2.24, 2.45) is 10.9 Å². The van der Waals surface area contributed by atoms with E-state index in [9.17, 15) is 0 Å². The SMILES string of the molecule is CCC(CC)C(c1ccc(N=C=S)cc1)n1ccnc1. The lowest BCUT2D eigenvalue weighted by Crippen LogP contribution is -2.18. The molecule has 0 aliphatic carbocycles. The number of rotatable bonds is 6. The van der Waals surface area contributed by atoms with Crippen molar-refractivity contribution in [1.82, 2.24) is 9.55 Å². The monoisotopic (exact) mass is 285 g/mol. The summed E-state index contributed by atoms with van der Waals surface area (Å²) in [6.07, 6.45) is 8.04. The van der Waals surface area contributed by atoms with Gasteiger partial charge in [-0.3, -0.25) is 0 Å². The van der Waals surface area contributed by atoms with Gasteiger partial charge in [-0.25, -0.2) is 4.98 Å². The first kappa shape index (κ1) is 14.6. The van der Waals surface area contributed by atoms with Crippen molar-refractivity contribution >= 4 is 23.1 Å². The van der Waals surface area contributed by atoms with Gasteiger partial charge in [-0.1, -0.05) is 38.8 Å². The van der Waals surface area contributed by atoms with E-state index in [1.807, 2.05) is 30.9 Å². The molecule has 0 bridgehead atoms. The number of aliphatic imine (C=N–C) groups is 1. The van der Waals surface area contributed by atoms with Crippen molar-refractivity contribution in [2.75, 3.05) is 0 Å². The number of isothiocyanates is 1. The Bertz CT molecular complexity index is 564. The van der Waals surface area contributed by atoms with Gasteiger partial charge >= 0.3 is 0 Å². The van der Waals surface area contributed by atoms with E-state index >= 15 is 0 Å². The van der Waals surface area contributed by atoms with Crippen LogP contribution in [0.2, 0.25) is 0 Å². The Labute approximate surface area is 125 Å². The summed E-state index contributed by atoms with van der Waals surface area (Å²) in [4.78, 5) is 8.19. The molecule has 2 rings (SSSR count). The van der Waals surface area contributed by atoms with E-state index in [1.165, 1.54) is 5.56 Å². The second-order valence-corrected chi connectivity index (χ2v) is 5.01. The van der Waals surface area contributed by atoms with Crippen molar-refractivity contribution in [3.8, 4) is 0 Å². The molecule has 1 unspecified atom stereocenters. The summed E-state index contributed by atoms with van der Waals surface area (Å²) < 4.78 is 2.19. The van der Waals surface area contributed by atoms with Gasteiger partial charge in [-0.2, -0.15) is 4.99 Å². The summed E-state index contributed by atoms with van der Waals surface area (Å²) in [7, 11) is 0. The Morgan fingerprint density at radius 3 is 2.45 bits per heavy atom. The number of benzene rings is 1. The van der Waals surface area contributed by atoms with Crippen LogP contribution in [0.5, 0.6) is 0 Å². The molecule has 3 nitrogen and oxygen atoms in total. The molecular formula is C16H19N3S. The fourth-order valence-corrected chi connectivity index (χ4v) is 2.76. The third-order valence-electron chi connectivity index (χ3n) is 3.75. The molecular weight excluding hydrogens is 266 g/mol. The average molecular weight is 285 g/mol. The molecule has 104 valence electrons. The number of aromatic nitrogens is 2. The first-order chi connectivity index (χ1) is 9.80. The van der Waals surface area contributed by atoms with Crippen LogP contribution < -0.4 is 0 Å². The molecule has 4 heteroatoms. The Morgan fingerprint density at radius 1 is 1.25 bits per heavy atom. The van der Waals surface area contributed by atoms with Crippen LogP contribution in [0.4, 0.5) is 5.69 Å². The van der Waals surface area contributed by atoms with Gasteiger partial charge in [0.15, 0.2) is 0 Å². The summed E-state index contributed by atoms with van der Waals surface area (Å²) in [6, 6.07) is 8.53. The van der Waals surface area contributed by atoms with Gasteiger partial charge in [0.05, 0.1) is 23.2 Å². The summed E-state index contributed by atoms with van der Waals surface area (Å²) in [5, 5.41) is 2.40. The van der Waals surface area contributed by atoms with E-state index in [1.54, 1.807) is 0 Å². The van der Waals surface area contributed by atoms with Crippen molar-refractivity contribution in [3.05, 3.63) is 48.5 Å². The zero-order chi connectivity index (χ0) is 14.4. The highest BCUT2D eigenvalue weighted by Crippen LogP contribution is 2.32. The van der Waals surface area contributed by atoms with E-state index in [2.05, 4.69) is 57.9 Å². The number of hydrogen-bond donors (Lipinski definition) is 0. The first-order valence-corrected chi connectivity index (χ1v) is 7.36. The van der Waals surface area contributed by atoms with Crippen molar-refractivity contribution in [3.63, 3.8) is 0 Å². The Balaban J connectivity index is 2.38. The molecule has 1 aromatic heterocycles. The van der Waals surface area contributed by atoms with Gasteiger partial charge in [0.2, 0.25) is 0 Å². The minimum atomic E-state index is 0.318. The zero-order valence-electron chi connectivity index (χ0n) is 11.9. The minimum Gasteiger partial charge on any atom is -0.330 e. The third kappa shape index (κ3) is 3.21. The van der Waals surface area contributed by atoms with Crippen LogP contribution in [0.3, 0.4) is 0 Å². The molecule has 0 aliphatic rings. The average Bonchev–Trinajstić information content (AvgIpc) is 3.00. The Kier molecular flexibility index (Phi) is 5.22. The number of hydrogen-bond acceptors (Lipinski definition) is 3. The van der Waals surface area contributed by atoms with Crippen LogP contribution in [0.15, 0.2) is 48.0 Å². The van der Waals surface area contributed by atoms with E-state index in [-0.39, 0.29) is 0 Å². The lowest BCUT2D eigenvalue weighted by Gasteiger charge is -2.27. The highest BCUT2D eigenvalue weighted by molar-refractivity contribution is 7.78. The van der Waals surface area contributed by atoms with E-state index in [0.717, 1.165) is 18.5 Å². The maximum Gasteiger partial charge on any atom is 0.0951 e. The van der Waals surface area contributed by atoms with Crippen LogP contribution in [-0.2, 0) is 0 Å². The first-order valence-electron chi connectivity index (χ1n) is 6.95. The predicted molar refractivity (Wildman–Crippen MR) is 85.6 cm³/mol. The number of imidazole rings is 1. The van der Waals surface area contributed by atoms with Crippen LogP contribution in [0.1, 0.15) is 38.3 Å². The lowest BCUT2D eigenvalue weighted by atomic mass is 9.88.